The fourth-order valence-corrected chi connectivity index (χ4v) is 4.42. The first-order chi connectivity index (χ1) is 13.3. The molecule has 8 nitrogen and oxygen atoms in total. The Labute approximate surface area is 172 Å². The number of aliphatic imine (C=N–C) groups is 1. The number of carboxylic acids is 1. The Bertz CT molecular complexity index is 851. The van der Waals surface area contributed by atoms with Crippen LogP contribution < -0.4 is 10.2 Å². The number of hydrogen-bond acceptors (Lipinski definition) is 7. The average Bonchev–Trinajstić information content (AvgIpc) is 3.19. The third kappa shape index (κ3) is 4.37. The summed E-state index contributed by atoms with van der Waals surface area (Å²) in [7, 11) is 0. The van der Waals surface area contributed by atoms with E-state index in [1.54, 1.807) is 6.92 Å². The SMILES string of the molecule is CCO[C@H]1CN(c2nc(C)c(C(=O)O)s2)CC[C@H]1NC(=O)C1=NC(Cl)=C(C)C1. The van der Waals surface area contributed by atoms with Crippen molar-refractivity contribution in [3.05, 3.63) is 21.3 Å². The standard InChI is InChI=1S/C18H23ClN4O4S/c1-4-27-13-8-23(18-20-10(3)14(28-18)17(25)26)6-5-11(13)22-16(24)12-7-9(2)15(19)21-12/h11,13H,4-8H2,1-3H3,(H,22,24)(H,25,26)/t11-,13+/m1/s1. The molecule has 0 aliphatic carbocycles. The average molecular weight is 427 g/mol. The maximum absolute atomic E-state index is 12.6. The summed E-state index contributed by atoms with van der Waals surface area (Å²) in [6, 6.07) is -0.161. The summed E-state index contributed by atoms with van der Waals surface area (Å²) in [6.45, 7) is 7.13. The summed E-state index contributed by atoms with van der Waals surface area (Å²) in [4.78, 5) is 34.6. The van der Waals surface area contributed by atoms with E-state index in [0.29, 0.717) is 54.2 Å². The second kappa shape index (κ2) is 8.59. The number of thiazole rings is 1. The van der Waals surface area contributed by atoms with Gasteiger partial charge in [0.25, 0.3) is 5.91 Å². The van der Waals surface area contributed by atoms with Gasteiger partial charge in [-0.25, -0.2) is 14.8 Å². The van der Waals surface area contributed by atoms with Crippen LogP contribution in [0.1, 0.15) is 42.1 Å². The molecule has 1 aromatic heterocycles. The highest BCUT2D eigenvalue weighted by molar-refractivity contribution is 7.17. The van der Waals surface area contributed by atoms with E-state index in [1.807, 2.05) is 18.7 Å². The first kappa shape index (κ1) is 20.8. The Morgan fingerprint density at radius 1 is 1.43 bits per heavy atom. The first-order valence-electron chi connectivity index (χ1n) is 9.11. The summed E-state index contributed by atoms with van der Waals surface area (Å²) in [6.07, 6.45) is 0.885. The molecule has 2 aliphatic rings. The van der Waals surface area contributed by atoms with Crippen molar-refractivity contribution < 1.29 is 19.4 Å². The molecule has 0 saturated carbocycles. The van der Waals surface area contributed by atoms with Crippen LogP contribution in [0.4, 0.5) is 5.13 Å². The lowest BCUT2D eigenvalue weighted by Crippen LogP contribution is -2.56. The zero-order valence-corrected chi connectivity index (χ0v) is 17.6. The molecule has 28 heavy (non-hydrogen) atoms. The van der Waals surface area contributed by atoms with Crippen molar-refractivity contribution in [1.29, 1.82) is 0 Å². The van der Waals surface area contributed by atoms with E-state index in [2.05, 4.69) is 15.3 Å². The van der Waals surface area contributed by atoms with Gasteiger partial charge >= 0.3 is 5.97 Å². The number of allylic oxidation sites excluding steroid dienone is 1. The molecule has 3 heterocycles. The quantitative estimate of drug-likeness (QED) is 0.677. The Balaban J connectivity index is 1.68. The van der Waals surface area contributed by atoms with Crippen molar-refractivity contribution >= 4 is 45.7 Å². The van der Waals surface area contributed by atoms with Crippen LogP contribution in [0.5, 0.6) is 0 Å². The van der Waals surface area contributed by atoms with Crippen LogP contribution in [-0.4, -0.2) is 59.5 Å². The van der Waals surface area contributed by atoms with E-state index in [1.165, 1.54) is 0 Å². The van der Waals surface area contributed by atoms with Crippen molar-refractivity contribution in [2.24, 2.45) is 4.99 Å². The molecule has 2 atom stereocenters. The predicted molar refractivity (Wildman–Crippen MR) is 109 cm³/mol. The number of aryl methyl sites for hydroxylation is 1. The number of nitrogens with one attached hydrogen (secondary N) is 1. The van der Waals surface area contributed by atoms with E-state index >= 15 is 0 Å². The lowest BCUT2D eigenvalue weighted by atomic mass is 10.0. The van der Waals surface area contributed by atoms with Gasteiger partial charge in [-0.3, -0.25) is 4.79 Å². The molecule has 2 N–H and O–H groups in total. The van der Waals surface area contributed by atoms with E-state index < -0.39 is 5.97 Å². The van der Waals surface area contributed by atoms with Gasteiger partial charge in [0, 0.05) is 26.1 Å². The van der Waals surface area contributed by atoms with Crippen molar-refractivity contribution in [3.63, 3.8) is 0 Å². The Morgan fingerprint density at radius 3 is 2.75 bits per heavy atom. The zero-order chi connectivity index (χ0) is 20.4. The van der Waals surface area contributed by atoms with E-state index in [0.717, 1.165) is 16.9 Å². The van der Waals surface area contributed by atoms with Crippen molar-refractivity contribution in [3.8, 4) is 0 Å². The number of carboxylic acid groups (broad SMARTS) is 1. The molecule has 1 amide bonds. The normalized spacial score (nSPS) is 22.4. The maximum atomic E-state index is 12.6. The summed E-state index contributed by atoms with van der Waals surface area (Å²) < 4.78 is 5.87. The minimum absolute atomic E-state index is 0.161. The Hall–Kier alpha value is -1.97. The molecule has 10 heteroatoms. The monoisotopic (exact) mass is 426 g/mol. The van der Waals surface area contributed by atoms with Crippen molar-refractivity contribution in [1.82, 2.24) is 10.3 Å². The molecule has 152 valence electrons. The maximum Gasteiger partial charge on any atom is 0.347 e. The number of hydrogen-bond donors (Lipinski definition) is 2. The van der Waals surface area contributed by atoms with Gasteiger partial charge < -0.3 is 20.1 Å². The van der Waals surface area contributed by atoms with E-state index in [4.69, 9.17) is 16.3 Å². The van der Waals surface area contributed by atoms with Crippen LogP contribution in [0.25, 0.3) is 0 Å². The summed E-state index contributed by atoms with van der Waals surface area (Å²) >= 11 is 7.14. The minimum atomic E-state index is -0.968. The van der Waals surface area contributed by atoms with Crippen LogP contribution in [0.2, 0.25) is 0 Å². The Kier molecular flexibility index (Phi) is 6.36. The number of piperidine rings is 1. The molecular formula is C18H23ClN4O4S. The molecule has 1 fully saturated rings. The van der Waals surface area contributed by atoms with Gasteiger partial charge in [0.1, 0.15) is 15.7 Å². The number of aromatic nitrogens is 1. The number of carbonyl (C=O) groups excluding carboxylic acids is 1. The zero-order valence-electron chi connectivity index (χ0n) is 16.0. The topological polar surface area (TPSA) is 104 Å². The number of aromatic carboxylic acids is 1. The summed E-state index contributed by atoms with van der Waals surface area (Å²) in [5.41, 5.74) is 1.81. The predicted octanol–water partition coefficient (Wildman–Crippen LogP) is 2.56. The fourth-order valence-electron chi connectivity index (χ4n) is 3.31. The molecule has 0 radical (unpaired) electrons. The number of amides is 1. The number of rotatable bonds is 6. The number of halogens is 1. The number of ether oxygens (including phenoxy) is 1. The van der Waals surface area contributed by atoms with Crippen LogP contribution in [-0.2, 0) is 9.53 Å². The largest absolute Gasteiger partial charge is 0.477 e. The molecular weight excluding hydrogens is 404 g/mol. The van der Waals surface area contributed by atoms with Crippen LogP contribution in [0.3, 0.4) is 0 Å². The van der Waals surface area contributed by atoms with Crippen molar-refractivity contribution in [2.75, 3.05) is 24.6 Å². The number of anilines is 1. The third-order valence-corrected chi connectivity index (χ3v) is 6.40. The first-order valence-corrected chi connectivity index (χ1v) is 10.3. The van der Waals surface area contributed by atoms with Gasteiger partial charge in [0.15, 0.2) is 5.13 Å². The smallest absolute Gasteiger partial charge is 0.347 e. The lowest BCUT2D eigenvalue weighted by Gasteiger charge is -2.38. The molecule has 0 bridgehead atoms. The number of nitrogens with zero attached hydrogens (tertiary/aromatic N) is 3. The highest BCUT2D eigenvalue weighted by atomic mass is 35.5. The van der Waals surface area contributed by atoms with E-state index in [-0.39, 0.29) is 22.9 Å². The lowest BCUT2D eigenvalue weighted by molar-refractivity contribution is -0.117. The summed E-state index contributed by atoms with van der Waals surface area (Å²) in [5, 5.41) is 13.3. The molecule has 1 saturated heterocycles. The molecule has 2 aliphatic heterocycles. The second-order valence-corrected chi connectivity index (χ2v) is 8.17. The highest BCUT2D eigenvalue weighted by Crippen LogP contribution is 2.29. The molecule has 0 aromatic carbocycles. The molecule has 0 unspecified atom stereocenters. The van der Waals surface area contributed by atoms with Gasteiger partial charge in [-0.1, -0.05) is 22.9 Å². The van der Waals surface area contributed by atoms with E-state index in [9.17, 15) is 14.7 Å². The molecule has 3 rings (SSSR count). The minimum Gasteiger partial charge on any atom is -0.477 e. The van der Waals surface area contributed by atoms with Crippen LogP contribution in [0.15, 0.2) is 15.7 Å². The third-order valence-electron chi connectivity index (χ3n) is 4.79. The number of carbonyl (C=O) groups is 2. The van der Waals surface area contributed by atoms with Crippen LogP contribution >= 0.6 is 22.9 Å². The summed E-state index contributed by atoms with van der Waals surface area (Å²) in [5.74, 6) is -1.19. The van der Waals surface area contributed by atoms with Gasteiger partial charge in [-0.2, -0.15) is 0 Å². The van der Waals surface area contributed by atoms with Gasteiger partial charge in [0.05, 0.1) is 17.8 Å². The van der Waals surface area contributed by atoms with Gasteiger partial charge in [0.2, 0.25) is 0 Å². The van der Waals surface area contributed by atoms with Crippen LogP contribution in [0, 0.1) is 6.92 Å². The fraction of sp³-hybridized carbons (Fsp3) is 0.556. The molecule has 0 spiro atoms. The second-order valence-electron chi connectivity index (χ2n) is 6.83. The Morgan fingerprint density at radius 2 is 2.18 bits per heavy atom. The van der Waals surface area contributed by atoms with Crippen molar-refractivity contribution in [2.45, 2.75) is 45.8 Å². The van der Waals surface area contributed by atoms with Gasteiger partial charge in [-0.15, -0.1) is 0 Å². The van der Waals surface area contributed by atoms with Gasteiger partial charge in [-0.05, 0) is 32.8 Å². The molecule has 1 aromatic rings. The highest BCUT2D eigenvalue weighted by Gasteiger charge is 2.34.